The van der Waals surface area contributed by atoms with Crippen molar-refractivity contribution >= 4 is 11.6 Å². The van der Waals surface area contributed by atoms with Gasteiger partial charge in [-0.2, -0.15) is 8.78 Å². The fourth-order valence-corrected chi connectivity index (χ4v) is 4.88. The van der Waals surface area contributed by atoms with Crippen molar-refractivity contribution in [3.05, 3.63) is 64.2 Å². The number of halogens is 3. The van der Waals surface area contributed by atoms with Gasteiger partial charge in [0.25, 0.3) is 0 Å². The molecule has 11 heteroatoms. The van der Waals surface area contributed by atoms with Gasteiger partial charge in [-0.1, -0.05) is 29.8 Å². The van der Waals surface area contributed by atoms with E-state index in [1.165, 1.54) is 6.07 Å². The summed E-state index contributed by atoms with van der Waals surface area (Å²) in [6.07, 6.45) is -4.31. The van der Waals surface area contributed by atoms with Crippen molar-refractivity contribution in [1.29, 1.82) is 0 Å². The first-order valence-corrected chi connectivity index (χ1v) is 11.6. The Morgan fingerprint density at radius 2 is 1.86 bits per heavy atom. The van der Waals surface area contributed by atoms with Gasteiger partial charge in [0, 0.05) is 17.0 Å². The first-order chi connectivity index (χ1) is 16.7. The summed E-state index contributed by atoms with van der Waals surface area (Å²) in [6, 6.07) is 12.2. The second-order valence-corrected chi connectivity index (χ2v) is 9.27. The molecule has 0 aliphatic carbocycles. The van der Waals surface area contributed by atoms with Gasteiger partial charge in [0.05, 0.1) is 13.2 Å². The van der Waals surface area contributed by atoms with E-state index >= 15 is 0 Å². The first-order valence-electron chi connectivity index (χ1n) is 11.2. The third kappa shape index (κ3) is 4.54. The van der Waals surface area contributed by atoms with Crippen LogP contribution < -0.4 is 4.74 Å². The van der Waals surface area contributed by atoms with Gasteiger partial charge in [0.2, 0.25) is 11.6 Å². The molecule has 3 N–H and O–H groups in total. The Hall–Kier alpha value is -1.89. The molecule has 0 aromatic heterocycles. The van der Waals surface area contributed by atoms with Crippen LogP contribution in [-0.2, 0) is 31.2 Å². The lowest BCUT2D eigenvalue weighted by molar-refractivity contribution is -0.405. The van der Waals surface area contributed by atoms with Crippen LogP contribution in [0, 0.1) is 0 Å². The summed E-state index contributed by atoms with van der Waals surface area (Å²) in [6.45, 7) is -2.68. The molecular formula is C24H25ClF2O8. The highest BCUT2D eigenvalue weighted by atomic mass is 35.5. The molecule has 2 bridgehead atoms. The van der Waals surface area contributed by atoms with Crippen LogP contribution in [0.1, 0.15) is 23.1 Å². The third-order valence-electron chi connectivity index (χ3n) is 6.54. The Morgan fingerprint density at radius 1 is 1.09 bits per heavy atom. The number of ether oxygens (including phenoxy) is 5. The third-order valence-corrected chi connectivity index (χ3v) is 6.91. The molecule has 0 radical (unpaired) electrons. The smallest absolute Gasteiger partial charge is 0.347 e. The number of hydrogen-bond acceptors (Lipinski definition) is 8. The van der Waals surface area contributed by atoms with Crippen LogP contribution >= 0.6 is 11.6 Å². The quantitative estimate of drug-likeness (QED) is 0.517. The van der Waals surface area contributed by atoms with Crippen molar-refractivity contribution < 1.29 is 47.8 Å². The van der Waals surface area contributed by atoms with E-state index < -0.39 is 43.1 Å². The van der Waals surface area contributed by atoms with E-state index in [4.69, 9.17) is 30.5 Å². The molecule has 0 spiro atoms. The monoisotopic (exact) mass is 514 g/mol. The molecular weight excluding hydrogens is 490 g/mol. The average molecular weight is 515 g/mol. The summed E-state index contributed by atoms with van der Waals surface area (Å²) in [4.78, 5) is 0. The number of rotatable bonds is 7. The van der Waals surface area contributed by atoms with Gasteiger partial charge in [-0.3, -0.25) is 4.74 Å². The first kappa shape index (κ1) is 24.8. The van der Waals surface area contributed by atoms with Crippen molar-refractivity contribution in [2.24, 2.45) is 0 Å². The lowest BCUT2D eigenvalue weighted by atomic mass is 9.87. The van der Waals surface area contributed by atoms with Gasteiger partial charge in [-0.05, 0) is 41.8 Å². The van der Waals surface area contributed by atoms with E-state index in [-0.39, 0.29) is 11.7 Å². The molecule has 8 nitrogen and oxygen atoms in total. The van der Waals surface area contributed by atoms with Gasteiger partial charge in [-0.15, -0.1) is 0 Å². The van der Waals surface area contributed by atoms with Gasteiger partial charge in [0.15, 0.2) is 0 Å². The molecule has 0 amide bonds. The van der Waals surface area contributed by atoms with Crippen molar-refractivity contribution in [1.82, 2.24) is 0 Å². The SMILES string of the molecule is O[C@@H]1[C@@H](O)[C@@]2(c3ccc(Cl)c(Cc4ccc(O[C@H]5CCOC5)cc4)c3)OC[C@](OC(F)F)(O2)[C@H]1O. The van der Waals surface area contributed by atoms with Crippen LogP contribution in [0.2, 0.25) is 5.02 Å². The molecule has 190 valence electrons. The van der Waals surface area contributed by atoms with Crippen molar-refractivity contribution in [2.75, 3.05) is 19.8 Å². The zero-order valence-electron chi connectivity index (χ0n) is 18.5. The summed E-state index contributed by atoms with van der Waals surface area (Å²) in [5.41, 5.74) is 1.79. The molecule has 5 rings (SSSR count). The van der Waals surface area contributed by atoms with Gasteiger partial charge >= 0.3 is 6.61 Å². The molecule has 0 saturated carbocycles. The predicted molar refractivity (Wildman–Crippen MR) is 117 cm³/mol. The molecule has 3 aliphatic rings. The number of aliphatic hydroxyl groups is 3. The highest BCUT2D eigenvalue weighted by Crippen LogP contribution is 2.51. The zero-order chi connectivity index (χ0) is 24.8. The van der Waals surface area contributed by atoms with E-state index in [1.54, 1.807) is 12.1 Å². The highest BCUT2D eigenvalue weighted by molar-refractivity contribution is 6.31. The van der Waals surface area contributed by atoms with Crippen LogP contribution in [0.25, 0.3) is 0 Å². The maximum absolute atomic E-state index is 13.1. The Labute approximate surface area is 204 Å². The Bertz CT molecular complexity index is 1050. The molecule has 2 aromatic rings. The van der Waals surface area contributed by atoms with E-state index in [9.17, 15) is 24.1 Å². The number of aliphatic hydroxyl groups excluding tert-OH is 3. The minimum atomic E-state index is -3.31. The van der Waals surface area contributed by atoms with Crippen LogP contribution in [0.5, 0.6) is 5.75 Å². The highest BCUT2D eigenvalue weighted by Gasteiger charge is 2.69. The maximum Gasteiger partial charge on any atom is 0.347 e. The number of fused-ring (bicyclic) bond motifs is 2. The second kappa shape index (κ2) is 9.53. The molecule has 3 saturated heterocycles. The topological polar surface area (TPSA) is 107 Å². The lowest BCUT2D eigenvalue weighted by Crippen LogP contribution is -2.65. The van der Waals surface area contributed by atoms with Crippen molar-refractivity contribution in [3.63, 3.8) is 0 Å². The second-order valence-electron chi connectivity index (χ2n) is 8.86. The van der Waals surface area contributed by atoms with Crippen LogP contribution in [0.4, 0.5) is 8.78 Å². The van der Waals surface area contributed by atoms with Gasteiger partial charge in [0.1, 0.15) is 36.8 Å². The number of benzene rings is 2. The molecule has 3 heterocycles. The minimum Gasteiger partial charge on any atom is -0.488 e. The summed E-state index contributed by atoms with van der Waals surface area (Å²) < 4.78 is 53.1. The normalized spacial score (nSPS) is 34.5. The molecule has 2 aromatic carbocycles. The fourth-order valence-electron chi connectivity index (χ4n) is 4.70. The van der Waals surface area contributed by atoms with Crippen molar-refractivity contribution in [3.8, 4) is 5.75 Å². The molecule has 35 heavy (non-hydrogen) atoms. The molecule has 3 fully saturated rings. The van der Waals surface area contributed by atoms with Gasteiger partial charge < -0.3 is 34.3 Å². The minimum absolute atomic E-state index is 0.0367. The van der Waals surface area contributed by atoms with Gasteiger partial charge in [-0.25, -0.2) is 0 Å². The number of hydrogen-bond donors (Lipinski definition) is 3. The molecule has 0 unspecified atom stereocenters. The van der Waals surface area contributed by atoms with E-state index in [0.29, 0.717) is 30.2 Å². The predicted octanol–water partition coefficient (Wildman–Crippen LogP) is 2.33. The van der Waals surface area contributed by atoms with E-state index in [0.717, 1.165) is 17.7 Å². The largest absolute Gasteiger partial charge is 0.488 e. The van der Waals surface area contributed by atoms with Crippen LogP contribution in [0.15, 0.2) is 42.5 Å². The average Bonchev–Trinajstić information content (AvgIpc) is 3.47. The summed E-state index contributed by atoms with van der Waals surface area (Å²) in [7, 11) is 0. The zero-order valence-corrected chi connectivity index (χ0v) is 19.2. The van der Waals surface area contributed by atoms with Crippen molar-refractivity contribution in [2.45, 2.75) is 55.4 Å². The van der Waals surface area contributed by atoms with Crippen LogP contribution in [0.3, 0.4) is 0 Å². The Balaban J connectivity index is 1.39. The fraction of sp³-hybridized carbons (Fsp3) is 0.500. The standard InChI is InChI=1S/C24H25ClF2O8/c25-18-6-3-15(24-21(30)19(28)20(29)23(35-24,12-32-24)34-22(26)27)10-14(18)9-13-1-4-16(5-2-13)33-17-7-8-31-11-17/h1-6,10,17,19-22,28-30H,7-9,11-12H2/t17-,19-,20-,21+,23-,24-/m0/s1. The molecule has 6 atom stereocenters. The summed E-state index contributed by atoms with van der Waals surface area (Å²) in [5, 5.41) is 31.8. The lowest BCUT2D eigenvalue weighted by Gasteiger charge is -2.45. The summed E-state index contributed by atoms with van der Waals surface area (Å²) >= 11 is 6.42. The Kier molecular flexibility index (Phi) is 6.75. The Morgan fingerprint density at radius 3 is 2.54 bits per heavy atom. The summed E-state index contributed by atoms with van der Waals surface area (Å²) in [5.74, 6) is -3.65. The molecule has 3 aliphatic heterocycles. The number of alkyl halides is 2. The maximum atomic E-state index is 13.1. The van der Waals surface area contributed by atoms with E-state index in [2.05, 4.69) is 4.74 Å². The van der Waals surface area contributed by atoms with E-state index in [1.807, 2.05) is 24.3 Å². The van der Waals surface area contributed by atoms with Crippen LogP contribution in [-0.4, -0.2) is 72.0 Å².